The zero-order chi connectivity index (χ0) is 30.9. The predicted octanol–water partition coefficient (Wildman–Crippen LogP) is 7.46. The molecule has 3 aromatic rings. The Kier molecular flexibility index (Phi) is 8.84. The van der Waals surface area contributed by atoms with Crippen molar-refractivity contribution >= 4 is 45.4 Å². The first-order chi connectivity index (χ1) is 19.6. The lowest BCUT2D eigenvalue weighted by Gasteiger charge is -2.35. The summed E-state index contributed by atoms with van der Waals surface area (Å²) in [5.41, 5.74) is -2.26. The van der Waals surface area contributed by atoms with Crippen LogP contribution in [-0.4, -0.2) is 34.1 Å². The van der Waals surface area contributed by atoms with Gasteiger partial charge in [0.15, 0.2) is 0 Å². The maximum absolute atomic E-state index is 13.7. The topological polar surface area (TPSA) is 72.9 Å². The minimum absolute atomic E-state index is 0.0368. The van der Waals surface area contributed by atoms with Gasteiger partial charge in [0.25, 0.3) is 10.0 Å². The zero-order valence-corrected chi connectivity index (χ0v) is 23.2. The molecule has 0 spiro atoms. The number of halogens is 7. The van der Waals surface area contributed by atoms with Gasteiger partial charge in [0, 0.05) is 17.0 Å². The Morgan fingerprint density at radius 2 is 1.74 bits per heavy atom. The molecule has 0 radical (unpaired) electrons. The number of rotatable bonds is 7. The van der Waals surface area contributed by atoms with E-state index < -0.39 is 50.5 Å². The largest absolute Gasteiger partial charge is 0.486 e. The predicted molar refractivity (Wildman–Crippen MR) is 143 cm³/mol. The Hall–Kier alpha value is -3.71. The number of hydrogen-bond acceptors (Lipinski definition) is 5. The molecule has 0 fully saturated rings. The quantitative estimate of drug-likeness (QED) is 0.153. The van der Waals surface area contributed by atoms with Crippen LogP contribution in [0.3, 0.4) is 0 Å². The van der Waals surface area contributed by atoms with Gasteiger partial charge in [-0.05, 0) is 54.4 Å². The molecule has 1 heterocycles. The van der Waals surface area contributed by atoms with Gasteiger partial charge in [-0.25, -0.2) is 8.42 Å². The van der Waals surface area contributed by atoms with Crippen molar-refractivity contribution in [1.29, 1.82) is 0 Å². The summed E-state index contributed by atoms with van der Waals surface area (Å²) in [6, 6.07) is 10.7. The first kappa shape index (κ1) is 31.2. The number of carbonyl (C=O) groups excluding carboxylic acids is 1. The first-order valence-corrected chi connectivity index (χ1v) is 14.0. The first-order valence-electron chi connectivity index (χ1n) is 12.2. The normalized spacial score (nSPS) is 15.8. The number of alkyl halides is 6. The van der Waals surface area contributed by atoms with Crippen LogP contribution in [0.25, 0.3) is 12.2 Å². The van der Waals surface area contributed by atoms with Gasteiger partial charge in [-0.15, -0.1) is 0 Å². The third kappa shape index (κ3) is 6.84. The van der Waals surface area contributed by atoms with E-state index in [1.165, 1.54) is 37.5 Å². The molecule has 1 atom stereocenters. The van der Waals surface area contributed by atoms with Crippen LogP contribution < -0.4 is 9.04 Å². The van der Waals surface area contributed by atoms with Crippen LogP contribution in [0.2, 0.25) is 5.02 Å². The number of ether oxygens (including phenoxy) is 2. The minimum Gasteiger partial charge on any atom is -0.486 e. The van der Waals surface area contributed by atoms with Crippen molar-refractivity contribution in [1.82, 2.24) is 0 Å². The van der Waals surface area contributed by atoms with Gasteiger partial charge in [0.05, 0.1) is 35.4 Å². The highest BCUT2D eigenvalue weighted by Crippen LogP contribution is 2.41. The van der Waals surface area contributed by atoms with Crippen LogP contribution >= 0.6 is 11.6 Å². The number of benzene rings is 3. The maximum atomic E-state index is 13.7. The van der Waals surface area contributed by atoms with Crippen molar-refractivity contribution in [2.45, 2.75) is 36.2 Å². The third-order valence-corrected chi connectivity index (χ3v) is 8.47. The summed E-state index contributed by atoms with van der Waals surface area (Å²) < 4.78 is 119. The summed E-state index contributed by atoms with van der Waals surface area (Å²) in [4.78, 5) is 11.0. The molecular formula is C28H22ClF6NO5S. The average molecular weight is 634 g/mol. The number of anilines is 1. The lowest BCUT2D eigenvalue weighted by atomic mass is 10.0. The van der Waals surface area contributed by atoms with Crippen molar-refractivity contribution < 1.29 is 49.0 Å². The van der Waals surface area contributed by atoms with E-state index in [4.69, 9.17) is 16.3 Å². The van der Waals surface area contributed by atoms with Crippen LogP contribution in [-0.2, 0) is 31.9 Å². The van der Waals surface area contributed by atoms with Crippen LogP contribution in [0, 0.1) is 0 Å². The van der Waals surface area contributed by atoms with Crippen molar-refractivity contribution in [3.8, 4) is 5.75 Å². The molecule has 0 saturated heterocycles. The van der Waals surface area contributed by atoms with Crippen LogP contribution in [0.15, 0.2) is 65.6 Å². The van der Waals surface area contributed by atoms with Crippen LogP contribution in [0.4, 0.5) is 32.0 Å². The molecule has 4 rings (SSSR count). The van der Waals surface area contributed by atoms with E-state index in [0.717, 1.165) is 40.7 Å². The lowest BCUT2D eigenvalue weighted by molar-refractivity contribution is -0.141. The number of sulfonamides is 1. The van der Waals surface area contributed by atoms with E-state index in [0.29, 0.717) is 6.07 Å². The average Bonchev–Trinajstić information content (AvgIpc) is 2.93. The van der Waals surface area contributed by atoms with Gasteiger partial charge in [0.2, 0.25) is 0 Å². The second-order valence-corrected chi connectivity index (χ2v) is 11.4. The summed E-state index contributed by atoms with van der Waals surface area (Å²) in [5.74, 6) is -0.535. The molecule has 3 aromatic carbocycles. The van der Waals surface area contributed by atoms with E-state index in [1.54, 1.807) is 0 Å². The van der Waals surface area contributed by atoms with E-state index in [1.807, 2.05) is 0 Å². The molecular weight excluding hydrogens is 612 g/mol. The standard InChI is InChI=1S/C28H22ClF6NO5S/c1-40-26(37)13-10-19-16-36(42(38,39)20-5-2-4-18(15-20)27(30,31)32)24-14-17(9-12-25(24)41-19)8-11-21-22(28(33,34)35)6-3-7-23(21)29/h2-9,11-12,14-15,19H,10,13,16H2,1H3. The summed E-state index contributed by atoms with van der Waals surface area (Å²) in [7, 11) is -3.43. The van der Waals surface area contributed by atoms with Crippen molar-refractivity contribution in [2.24, 2.45) is 0 Å². The van der Waals surface area contributed by atoms with Gasteiger partial charge >= 0.3 is 18.3 Å². The van der Waals surface area contributed by atoms with E-state index in [-0.39, 0.29) is 47.0 Å². The SMILES string of the molecule is COC(=O)CCC1CN(S(=O)(=O)c2cccc(C(F)(F)F)c2)c2cc(C=Cc3c(Cl)cccc3C(F)(F)F)ccc2O1. The second kappa shape index (κ2) is 11.9. The fourth-order valence-corrected chi connectivity index (χ4v) is 6.07. The molecule has 0 aliphatic carbocycles. The molecule has 0 N–H and O–H groups in total. The summed E-state index contributed by atoms with van der Waals surface area (Å²) >= 11 is 6.02. The molecule has 0 aromatic heterocycles. The van der Waals surface area contributed by atoms with E-state index in [9.17, 15) is 39.6 Å². The van der Waals surface area contributed by atoms with Crippen LogP contribution in [0.5, 0.6) is 5.75 Å². The lowest BCUT2D eigenvalue weighted by Crippen LogP contribution is -2.43. The fraction of sp³-hybridized carbons (Fsp3) is 0.250. The summed E-state index contributed by atoms with van der Waals surface area (Å²) in [5, 5.41) is -0.162. The third-order valence-electron chi connectivity index (χ3n) is 6.36. The Balaban J connectivity index is 1.77. The highest BCUT2D eigenvalue weighted by molar-refractivity contribution is 7.92. The number of methoxy groups -OCH3 is 1. The molecule has 1 aliphatic heterocycles. The van der Waals surface area contributed by atoms with Gasteiger partial charge < -0.3 is 9.47 Å². The molecule has 0 saturated carbocycles. The summed E-state index contributed by atoms with van der Waals surface area (Å²) in [6.07, 6.45) is -8.02. The number of carbonyl (C=O) groups is 1. The number of fused-ring (bicyclic) bond motifs is 1. The minimum atomic E-state index is -4.80. The highest BCUT2D eigenvalue weighted by Gasteiger charge is 2.37. The van der Waals surface area contributed by atoms with Gasteiger partial charge in [-0.1, -0.05) is 42.0 Å². The molecule has 6 nitrogen and oxygen atoms in total. The van der Waals surface area contributed by atoms with E-state index >= 15 is 0 Å². The monoisotopic (exact) mass is 633 g/mol. The Labute approximate surface area is 242 Å². The molecule has 0 amide bonds. The van der Waals surface area contributed by atoms with E-state index in [2.05, 4.69) is 4.74 Å². The molecule has 14 heteroatoms. The Bertz CT molecular complexity index is 1620. The molecule has 1 unspecified atom stereocenters. The van der Waals surface area contributed by atoms with Crippen molar-refractivity contribution in [3.63, 3.8) is 0 Å². The number of esters is 1. The zero-order valence-electron chi connectivity index (χ0n) is 21.7. The van der Waals surface area contributed by atoms with Gasteiger partial charge in [-0.3, -0.25) is 9.10 Å². The maximum Gasteiger partial charge on any atom is 0.417 e. The molecule has 0 bridgehead atoms. The smallest absolute Gasteiger partial charge is 0.417 e. The molecule has 224 valence electrons. The Morgan fingerprint density at radius 1 is 1.02 bits per heavy atom. The van der Waals surface area contributed by atoms with Crippen molar-refractivity contribution in [2.75, 3.05) is 18.0 Å². The Morgan fingerprint density at radius 3 is 2.40 bits per heavy atom. The second-order valence-electron chi connectivity index (χ2n) is 9.18. The van der Waals surface area contributed by atoms with Gasteiger partial charge in [-0.2, -0.15) is 26.3 Å². The fourth-order valence-electron chi connectivity index (χ4n) is 4.28. The number of nitrogens with zero attached hydrogens (tertiary/aromatic N) is 1. The van der Waals surface area contributed by atoms with Gasteiger partial charge in [0.1, 0.15) is 11.9 Å². The number of hydrogen-bond donors (Lipinski definition) is 0. The van der Waals surface area contributed by atoms with Crippen LogP contribution in [0.1, 0.15) is 35.1 Å². The van der Waals surface area contributed by atoms with Crippen molar-refractivity contribution in [3.05, 3.63) is 87.9 Å². The molecule has 1 aliphatic rings. The molecule has 42 heavy (non-hydrogen) atoms. The highest BCUT2D eigenvalue weighted by atomic mass is 35.5. The summed E-state index contributed by atoms with van der Waals surface area (Å²) in [6.45, 7) is -0.363.